The van der Waals surface area contributed by atoms with Gasteiger partial charge < -0.3 is 4.90 Å². The molecule has 0 radical (unpaired) electrons. The second-order valence-corrected chi connectivity index (χ2v) is 5.68. The number of halogens is 1. The highest BCUT2D eigenvalue weighted by molar-refractivity contribution is 14.0. The van der Waals surface area contributed by atoms with Crippen LogP contribution < -0.4 is 4.90 Å². The molecule has 2 rings (SSSR count). The van der Waals surface area contributed by atoms with E-state index in [1.54, 1.807) is 0 Å². The van der Waals surface area contributed by atoms with E-state index in [1.165, 1.54) is 30.6 Å². The molecular weight excluding hydrogens is 321 g/mol. The van der Waals surface area contributed by atoms with Crippen LogP contribution in [0.3, 0.4) is 0 Å². The topological polar surface area (TPSA) is 3.24 Å². The van der Waals surface area contributed by atoms with Gasteiger partial charge in [-0.3, -0.25) is 0 Å². The maximum Gasteiger partial charge on any atom is 0.0371 e. The first-order chi connectivity index (χ1) is 7.51. The van der Waals surface area contributed by atoms with Crippen LogP contribution in [0.5, 0.6) is 0 Å². The number of aryl methyl sites for hydroxylation is 1. The van der Waals surface area contributed by atoms with Crippen molar-refractivity contribution < 1.29 is 0 Å². The molecule has 0 spiro atoms. The summed E-state index contributed by atoms with van der Waals surface area (Å²) in [5.41, 5.74) is 3.00. The Labute approximate surface area is 123 Å². The van der Waals surface area contributed by atoms with E-state index in [9.17, 15) is 0 Å². The van der Waals surface area contributed by atoms with Crippen molar-refractivity contribution in [1.82, 2.24) is 0 Å². The van der Waals surface area contributed by atoms with E-state index in [4.69, 9.17) is 0 Å². The lowest BCUT2D eigenvalue weighted by atomic mass is 9.80. The van der Waals surface area contributed by atoms with Crippen LogP contribution in [0.1, 0.15) is 39.2 Å². The summed E-state index contributed by atoms with van der Waals surface area (Å²) in [4.78, 5) is 2.57. The zero-order valence-corrected chi connectivity index (χ0v) is 13.7. The van der Waals surface area contributed by atoms with E-state index >= 15 is 0 Å². The SMILES string of the molecule is Cc1ccc(N2CCCC(C)C2(C)C)cc1.I. The van der Waals surface area contributed by atoms with Gasteiger partial charge in [0.05, 0.1) is 0 Å². The highest BCUT2D eigenvalue weighted by Gasteiger charge is 2.35. The van der Waals surface area contributed by atoms with Crippen LogP contribution in [-0.4, -0.2) is 12.1 Å². The molecule has 0 N–H and O–H groups in total. The molecule has 2 heteroatoms. The fraction of sp³-hybridized carbons (Fsp3) is 0.600. The fourth-order valence-electron chi connectivity index (χ4n) is 2.65. The summed E-state index contributed by atoms with van der Waals surface area (Å²) in [7, 11) is 0. The molecule has 96 valence electrons. The molecular formula is C15H24IN. The summed E-state index contributed by atoms with van der Waals surface area (Å²) >= 11 is 0. The minimum absolute atomic E-state index is 0. The second-order valence-electron chi connectivity index (χ2n) is 5.68. The van der Waals surface area contributed by atoms with E-state index in [0.29, 0.717) is 0 Å². The maximum atomic E-state index is 2.57. The second kappa shape index (κ2) is 5.59. The first kappa shape index (κ1) is 14.8. The zero-order chi connectivity index (χ0) is 11.8. The van der Waals surface area contributed by atoms with Crippen molar-refractivity contribution in [3.8, 4) is 0 Å². The molecule has 0 aliphatic carbocycles. The normalized spacial score (nSPS) is 23.1. The van der Waals surface area contributed by atoms with Gasteiger partial charge >= 0.3 is 0 Å². The molecule has 17 heavy (non-hydrogen) atoms. The van der Waals surface area contributed by atoms with Gasteiger partial charge in [0.15, 0.2) is 0 Å². The van der Waals surface area contributed by atoms with Crippen LogP contribution >= 0.6 is 24.0 Å². The number of anilines is 1. The predicted octanol–water partition coefficient (Wildman–Crippen LogP) is 4.63. The van der Waals surface area contributed by atoms with E-state index in [1.807, 2.05) is 0 Å². The zero-order valence-electron chi connectivity index (χ0n) is 11.4. The highest BCUT2D eigenvalue weighted by Crippen LogP contribution is 2.36. The third-order valence-corrected chi connectivity index (χ3v) is 4.27. The Bertz CT molecular complexity index is 356. The van der Waals surface area contributed by atoms with Crippen molar-refractivity contribution in [3.05, 3.63) is 29.8 Å². The quantitative estimate of drug-likeness (QED) is 0.671. The molecule has 0 bridgehead atoms. The monoisotopic (exact) mass is 345 g/mol. The van der Waals surface area contributed by atoms with Crippen LogP contribution in [0.2, 0.25) is 0 Å². The Balaban J connectivity index is 0.00000144. The Morgan fingerprint density at radius 1 is 1.18 bits per heavy atom. The Morgan fingerprint density at radius 3 is 2.35 bits per heavy atom. The largest absolute Gasteiger partial charge is 0.366 e. The van der Waals surface area contributed by atoms with Gasteiger partial charge in [-0.1, -0.05) is 24.6 Å². The molecule has 1 fully saturated rings. The minimum Gasteiger partial charge on any atom is -0.366 e. The Kier molecular flexibility index (Phi) is 4.87. The van der Waals surface area contributed by atoms with Crippen molar-refractivity contribution in [2.45, 2.75) is 46.1 Å². The van der Waals surface area contributed by atoms with Crippen LogP contribution in [0, 0.1) is 12.8 Å². The molecule has 1 aromatic rings. The number of rotatable bonds is 1. The third kappa shape index (κ3) is 2.95. The predicted molar refractivity (Wildman–Crippen MR) is 86.4 cm³/mol. The number of hydrogen-bond donors (Lipinski definition) is 0. The van der Waals surface area contributed by atoms with Crippen LogP contribution in [-0.2, 0) is 0 Å². The van der Waals surface area contributed by atoms with Crippen molar-refractivity contribution in [2.75, 3.05) is 11.4 Å². The molecule has 1 nitrogen and oxygen atoms in total. The number of benzene rings is 1. The molecule has 0 aromatic heterocycles. The highest BCUT2D eigenvalue weighted by atomic mass is 127. The fourth-order valence-corrected chi connectivity index (χ4v) is 2.65. The number of hydrogen-bond acceptors (Lipinski definition) is 1. The lowest BCUT2D eigenvalue weighted by Crippen LogP contribution is -2.52. The van der Waals surface area contributed by atoms with Crippen molar-refractivity contribution in [1.29, 1.82) is 0 Å². The summed E-state index contributed by atoms with van der Waals surface area (Å²) in [6.45, 7) is 10.5. The van der Waals surface area contributed by atoms with Crippen molar-refractivity contribution in [2.24, 2.45) is 5.92 Å². The number of nitrogens with zero attached hydrogens (tertiary/aromatic N) is 1. The van der Waals surface area contributed by atoms with Crippen LogP contribution in [0.4, 0.5) is 5.69 Å². The van der Waals surface area contributed by atoms with Gasteiger partial charge in [0.25, 0.3) is 0 Å². The van der Waals surface area contributed by atoms with E-state index in [-0.39, 0.29) is 29.5 Å². The molecule has 1 heterocycles. The Hall–Kier alpha value is -0.250. The van der Waals surface area contributed by atoms with Gasteiger partial charge in [-0.15, -0.1) is 24.0 Å². The van der Waals surface area contributed by atoms with E-state index < -0.39 is 0 Å². The number of piperidine rings is 1. The molecule has 1 unspecified atom stereocenters. The summed E-state index contributed by atoms with van der Waals surface area (Å²) in [5.74, 6) is 0.766. The van der Waals surface area contributed by atoms with Gasteiger partial charge in [0, 0.05) is 17.8 Å². The molecule has 0 amide bonds. The average Bonchev–Trinajstić information content (AvgIpc) is 2.24. The maximum absolute atomic E-state index is 2.57. The summed E-state index contributed by atoms with van der Waals surface area (Å²) in [6.07, 6.45) is 2.67. The lowest BCUT2D eigenvalue weighted by molar-refractivity contribution is 0.258. The molecule has 1 aliphatic heterocycles. The summed E-state index contributed by atoms with van der Waals surface area (Å²) in [5, 5.41) is 0. The summed E-state index contributed by atoms with van der Waals surface area (Å²) in [6, 6.07) is 8.94. The van der Waals surface area contributed by atoms with Gasteiger partial charge in [-0.25, -0.2) is 0 Å². The van der Waals surface area contributed by atoms with E-state index in [2.05, 4.69) is 56.9 Å². The molecule has 1 aliphatic rings. The standard InChI is InChI=1S/C15H23N.HI/c1-12-7-9-14(10-8-12)16-11-5-6-13(2)15(16,3)4;/h7-10,13H,5-6,11H2,1-4H3;1H. The van der Waals surface area contributed by atoms with Gasteiger partial charge in [-0.05, 0) is 51.7 Å². The smallest absolute Gasteiger partial charge is 0.0371 e. The first-order valence-electron chi connectivity index (χ1n) is 6.36. The Morgan fingerprint density at radius 2 is 1.76 bits per heavy atom. The third-order valence-electron chi connectivity index (χ3n) is 4.27. The van der Waals surface area contributed by atoms with Gasteiger partial charge in [0.1, 0.15) is 0 Å². The van der Waals surface area contributed by atoms with Crippen LogP contribution in [0.15, 0.2) is 24.3 Å². The average molecular weight is 345 g/mol. The molecule has 1 saturated heterocycles. The minimum atomic E-state index is 0. The molecule has 1 aromatic carbocycles. The lowest BCUT2D eigenvalue weighted by Gasteiger charge is -2.48. The molecule has 0 saturated carbocycles. The van der Waals surface area contributed by atoms with Crippen molar-refractivity contribution >= 4 is 29.7 Å². The first-order valence-corrected chi connectivity index (χ1v) is 6.36. The van der Waals surface area contributed by atoms with Crippen molar-refractivity contribution in [3.63, 3.8) is 0 Å². The van der Waals surface area contributed by atoms with Gasteiger partial charge in [0.2, 0.25) is 0 Å². The summed E-state index contributed by atoms with van der Waals surface area (Å²) < 4.78 is 0. The van der Waals surface area contributed by atoms with E-state index in [0.717, 1.165) is 5.92 Å². The molecule has 1 atom stereocenters. The van der Waals surface area contributed by atoms with Crippen LogP contribution in [0.25, 0.3) is 0 Å². The van der Waals surface area contributed by atoms with Gasteiger partial charge in [-0.2, -0.15) is 0 Å².